The van der Waals surface area contributed by atoms with Crippen LogP contribution in [0.2, 0.25) is 0 Å². The quantitative estimate of drug-likeness (QED) is 0.619. The Morgan fingerprint density at radius 3 is 2.45 bits per heavy atom. The first kappa shape index (κ1) is 15.8. The van der Waals surface area contributed by atoms with E-state index in [0.717, 1.165) is 38.6 Å². The smallest absolute Gasteiger partial charge is 0.187 e. The Morgan fingerprint density at radius 1 is 1.05 bits per heavy atom. The van der Waals surface area contributed by atoms with E-state index in [2.05, 4.69) is 13.8 Å². The molecule has 2 rings (SSSR count). The molecule has 1 atom stereocenters. The molecule has 0 aromatic carbocycles. The van der Waals surface area contributed by atoms with Crippen LogP contribution in [0.4, 0.5) is 0 Å². The lowest BCUT2D eigenvalue weighted by Crippen LogP contribution is -2.35. The molecule has 0 saturated carbocycles. The molecule has 0 aromatic rings. The van der Waals surface area contributed by atoms with Crippen molar-refractivity contribution in [2.24, 2.45) is 10.9 Å². The molecule has 0 radical (unpaired) electrons. The normalized spacial score (nSPS) is 22.6. The largest absolute Gasteiger partial charge is 0.478 e. The fourth-order valence-electron chi connectivity index (χ4n) is 3.21. The molecule has 2 aliphatic rings. The van der Waals surface area contributed by atoms with E-state index in [1.807, 2.05) is 0 Å². The van der Waals surface area contributed by atoms with Crippen molar-refractivity contribution in [3.05, 3.63) is 0 Å². The third-order valence-corrected chi connectivity index (χ3v) is 4.67. The molecule has 0 bridgehead atoms. The van der Waals surface area contributed by atoms with Crippen molar-refractivity contribution >= 4 is 5.90 Å². The first-order chi connectivity index (χ1) is 9.79. The first-order valence-corrected chi connectivity index (χ1v) is 8.60. The van der Waals surface area contributed by atoms with Crippen LogP contribution in [0.15, 0.2) is 4.99 Å². The molecule has 20 heavy (non-hydrogen) atoms. The van der Waals surface area contributed by atoms with E-state index in [0.29, 0.717) is 5.92 Å². The van der Waals surface area contributed by atoms with Gasteiger partial charge in [0, 0.05) is 19.1 Å². The minimum Gasteiger partial charge on any atom is -0.478 e. The van der Waals surface area contributed by atoms with Crippen LogP contribution >= 0.6 is 0 Å². The van der Waals surface area contributed by atoms with Crippen LogP contribution in [-0.2, 0) is 9.47 Å². The highest BCUT2D eigenvalue weighted by molar-refractivity contribution is 5.80. The lowest BCUT2D eigenvalue weighted by molar-refractivity contribution is 0.0439. The summed E-state index contributed by atoms with van der Waals surface area (Å²) in [5.41, 5.74) is 0.0583. The molecule has 3 heteroatoms. The summed E-state index contributed by atoms with van der Waals surface area (Å²) < 4.78 is 11.5. The van der Waals surface area contributed by atoms with Gasteiger partial charge < -0.3 is 9.47 Å². The Labute approximate surface area is 124 Å². The summed E-state index contributed by atoms with van der Waals surface area (Å²) >= 11 is 0. The van der Waals surface area contributed by atoms with Crippen LogP contribution in [0.5, 0.6) is 0 Å². The fraction of sp³-hybridized carbons (Fsp3) is 0.941. The van der Waals surface area contributed by atoms with Gasteiger partial charge in [0.15, 0.2) is 5.90 Å². The van der Waals surface area contributed by atoms with Gasteiger partial charge in [-0.15, -0.1) is 0 Å². The molecule has 3 nitrogen and oxygen atoms in total. The van der Waals surface area contributed by atoms with Crippen LogP contribution < -0.4 is 0 Å². The topological polar surface area (TPSA) is 30.8 Å². The highest BCUT2D eigenvalue weighted by Crippen LogP contribution is 2.33. The van der Waals surface area contributed by atoms with Gasteiger partial charge in [-0.1, -0.05) is 46.0 Å². The molecule has 0 aliphatic carbocycles. The average Bonchev–Trinajstić information content (AvgIpc) is 2.87. The van der Waals surface area contributed by atoms with Crippen molar-refractivity contribution in [2.45, 2.75) is 77.2 Å². The van der Waals surface area contributed by atoms with Gasteiger partial charge in [-0.3, -0.25) is 0 Å². The van der Waals surface area contributed by atoms with Gasteiger partial charge in [-0.25, -0.2) is 4.99 Å². The van der Waals surface area contributed by atoms with E-state index in [-0.39, 0.29) is 5.54 Å². The predicted octanol–water partition coefficient (Wildman–Crippen LogP) is 4.35. The van der Waals surface area contributed by atoms with Crippen molar-refractivity contribution in [3.63, 3.8) is 0 Å². The Hall–Kier alpha value is -0.570. The molecular formula is C17H31NO2. The van der Waals surface area contributed by atoms with E-state index in [9.17, 15) is 0 Å². The maximum Gasteiger partial charge on any atom is 0.187 e. The van der Waals surface area contributed by atoms with Gasteiger partial charge in [-0.2, -0.15) is 0 Å². The zero-order valence-electron chi connectivity index (χ0n) is 13.3. The molecule has 0 amide bonds. The second-order valence-electron chi connectivity index (χ2n) is 6.41. The van der Waals surface area contributed by atoms with Crippen LogP contribution in [0, 0.1) is 5.92 Å². The highest BCUT2D eigenvalue weighted by atomic mass is 16.5. The predicted molar refractivity (Wildman–Crippen MR) is 83.3 cm³/mol. The molecule has 1 saturated heterocycles. The summed E-state index contributed by atoms with van der Waals surface area (Å²) in [6.07, 6.45) is 11.0. The first-order valence-electron chi connectivity index (χ1n) is 8.60. The fourth-order valence-corrected chi connectivity index (χ4v) is 3.21. The van der Waals surface area contributed by atoms with Crippen LogP contribution in [0.25, 0.3) is 0 Å². The van der Waals surface area contributed by atoms with Gasteiger partial charge in [0.05, 0.1) is 0 Å². The zero-order chi connectivity index (χ0) is 14.3. The van der Waals surface area contributed by atoms with Crippen LogP contribution in [-0.4, -0.2) is 31.3 Å². The molecule has 0 N–H and O–H groups in total. The van der Waals surface area contributed by atoms with Crippen LogP contribution in [0.1, 0.15) is 71.6 Å². The standard InChI is InChI=1S/C17H31NO2/c1-3-5-7-9-15(8-6-4-2)16-18-17(14-20-16)10-12-19-13-11-17/h15H,3-14H2,1-2H3. The van der Waals surface area contributed by atoms with Crippen molar-refractivity contribution in [2.75, 3.05) is 19.8 Å². The monoisotopic (exact) mass is 281 g/mol. The lowest BCUT2D eigenvalue weighted by Gasteiger charge is -2.28. The second kappa shape index (κ2) is 8.02. The van der Waals surface area contributed by atoms with E-state index in [1.165, 1.54) is 44.9 Å². The SMILES string of the molecule is CCCCCC(CCCC)C1=NC2(CCOCC2)CO1. The highest BCUT2D eigenvalue weighted by Gasteiger charge is 2.39. The Balaban J connectivity index is 1.94. The van der Waals surface area contributed by atoms with Crippen molar-refractivity contribution < 1.29 is 9.47 Å². The number of ether oxygens (including phenoxy) is 2. The molecular weight excluding hydrogens is 250 g/mol. The average molecular weight is 281 g/mol. The van der Waals surface area contributed by atoms with E-state index in [1.54, 1.807) is 0 Å². The summed E-state index contributed by atoms with van der Waals surface area (Å²) in [4.78, 5) is 5.03. The van der Waals surface area contributed by atoms with Crippen LogP contribution in [0.3, 0.4) is 0 Å². The molecule has 1 spiro atoms. The third-order valence-electron chi connectivity index (χ3n) is 4.67. The number of unbranched alkanes of at least 4 members (excludes halogenated alkanes) is 3. The summed E-state index contributed by atoms with van der Waals surface area (Å²) in [5.74, 6) is 1.63. The number of aliphatic imine (C=N–C) groups is 1. The van der Waals surface area contributed by atoms with Crippen molar-refractivity contribution in [1.29, 1.82) is 0 Å². The summed E-state index contributed by atoms with van der Waals surface area (Å²) in [6.45, 7) is 7.01. The molecule has 0 aromatic heterocycles. The summed E-state index contributed by atoms with van der Waals surface area (Å²) in [7, 11) is 0. The maximum atomic E-state index is 6.03. The van der Waals surface area contributed by atoms with E-state index < -0.39 is 0 Å². The lowest BCUT2D eigenvalue weighted by atomic mass is 9.92. The van der Waals surface area contributed by atoms with Gasteiger partial charge in [-0.05, 0) is 25.7 Å². The van der Waals surface area contributed by atoms with Crippen molar-refractivity contribution in [3.8, 4) is 0 Å². The minimum atomic E-state index is 0.0583. The van der Waals surface area contributed by atoms with E-state index in [4.69, 9.17) is 14.5 Å². The number of nitrogens with zero attached hydrogens (tertiary/aromatic N) is 1. The molecule has 116 valence electrons. The van der Waals surface area contributed by atoms with E-state index >= 15 is 0 Å². The minimum absolute atomic E-state index is 0.0583. The molecule has 1 fully saturated rings. The molecule has 1 unspecified atom stereocenters. The van der Waals surface area contributed by atoms with Gasteiger partial charge in [0.25, 0.3) is 0 Å². The Morgan fingerprint density at radius 2 is 1.75 bits per heavy atom. The zero-order valence-corrected chi connectivity index (χ0v) is 13.3. The summed E-state index contributed by atoms with van der Waals surface area (Å²) in [5, 5.41) is 0. The Kier molecular flexibility index (Phi) is 6.34. The van der Waals surface area contributed by atoms with Gasteiger partial charge >= 0.3 is 0 Å². The molecule has 2 heterocycles. The number of hydrogen-bond donors (Lipinski definition) is 0. The second-order valence-corrected chi connectivity index (χ2v) is 6.41. The Bertz CT molecular complexity index is 308. The third kappa shape index (κ3) is 4.21. The maximum absolute atomic E-state index is 6.03. The van der Waals surface area contributed by atoms with Crippen molar-refractivity contribution in [1.82, 2.24) is 0 Å². The number of hydrogen-bond acceptors (Lipinski definition) is 3. The summed E-state index contributed by atoms with van der Waals surface area (Å²) in [6, 6.07) is 0. The van der Waals surface area contributed by atoms with Gasteiger partial charge in [0.2, 0.25) is 0 Å². The molecule has 2 aliphatic heterocycles. The van der Waals surface area contributed by atoms with Gasteiger partial charge in [0.1, 0.15) is 12.1 Å². The number of rotatable bonds is 8.